The lowest BCUT2D eigenvalue weighted by molar-refractivity contribution is -0.129. The van der Waals surface area contributed by atoms with Crippen LogP contribution in [0.5, 0.6) is 5.75 Å². The number of β-amino-alcohol motifs (C(OH)–C–C–N with tert-alkyl or cyclic N) is 1. The van der Waals surface area contributed by atoms with Crippen molar-refractivity contribution in [2.75, 3.05) is 39.3 Å². The van der Waals surface area contributed by atoms with Crippen molar-refractivity contribution in [3.05, 3.63) is 77.9 Å². The topological polar surface area (TPSA) is 116 Å². The standard InChI is InChI=1S/C26H32F2N6O4/c27-21-5-8-23(24(28)14-21)26(36,17-34-19-29-18-30-34)16-33-11-9-32(10-12-33)15-20-3-6-22(7-4-20)38-13-1-2-25(35)31-37/h3-8,14,18-19,36-37H,1-2,9-13,15-17H2,(H,31,35). The molecule has 1 aliphatic heterocycles. The molecule has 204 valence electrons. The number of hydrogen-bond donors (Lipinski definition) is 3. The van der Waals surface area contributed by atoms with E-state index in [0.717, 1.165) is 37.3 Å². The van der Waals surface area contributed by atoms with Crippen LogP contribution in [0.2, 0.25) is 0 Å². The van der Waals surface area contributed by atoms with Crippen LogP contribution in [-0.4, -0.2) is 80.1 Å². The lowest BCUT2D eigenvalue weighted by atomic mass is 9.92. The first kappa shape index (κ1) is 27.6. The Balaban J connectivity index is 1.29. The molecule has 0 bridgehead atoms. The number of aromatic nitrogens is 3. The van der Waals surface area contributed by atoms with Crippen LogP contribution in [0.25, 0.3) is 0 Å². The Labute approximate surface area is 219 Å². The van der Waals surface area contributed by atoms with E-state index in [1.54, 1.807) is 5.48 Å². The van der Waals surface area contributed by atoms with E-state index in [1.165, 1.54) is 23.4 Å². The number of hydroxylamine groups is 1. The number of ether oxygens (including phenoxy) is 1. The zero-order chi connectivity index (χ0) is 27.0. The molecule has 1 aromatic heterocycles. The number of benzene rings is 2. The lowest BCUT2D eigenvalue weighted by Crippen LogP contribution is -2.52. The fraction of sp³-hybridized carbons (Fsp3) is 0.423. The van der Waals surface area contributed by atoms with E-state index >= 15 is 0 Å². The molecule has 1 aliphatic rings. The number of hydrogen-bond acceptors (Lipinski definition) is 8. The van der Waals surface area contributed by atoms with E-state index in [1.807, 2.05) is 24.3 Å². The second-order valence-electron chi connectivity index (χ2n) is 9.43. The summed E-state index contributed by atoms with van der Waals surface area (Å²) in [6, 6.07) is 11.0. The summed E-state index contributed by atoms with van der Waals surface area (Å²) in [7, 11) is 0. The molecule has 3 N–H and O–H groups in total. The van der Waals surface area contributed by atoms with Crippen molar-refractivity contribution < 1.29 is 28.6 Å². The normalized spacial score (nSPS) is 16.2. The molecule has 38 heavy (non-hydrogen) atoms. The first-order valence-corrected chi connectivity index (χ1v) is 12.4. The average molecular weight is 531 g/mol. The minimum absolute atomic E-state index is 0.0151. The summed E-state index contributed by atoms with van der Waals surface area (Å²) in [6.45, 7) is 4.14. The Morgan fingerprint density at radius 3 is 2.45 bits per heavy atom. The number of amides is 1. The molecule has 2 aromatic carbocycles. The quantitative estimate of drug-likeness (QED) is 0.185. The van der Waals surface area contributed by atoms with Gasteiger partial charge in [0, 0.05) is 57.3 Å². The van der Waals surface area contributed by atoms with Gasteiger partial charge in [0.05, 0.1) is 13.2 Å². The predicted octanol–water partition coefficient (Wildman–Crippen LogP) is 1.93. The maximum Gasteiger partial charge on any atom is 0.243 e. The number of nitrogens with one attached hydrogen (secondary N) is 1. The summed E-state index contributed by atoms with van der Waals surface area (Å²) in [4.78, 5) is 19.3. The molecule has 1 atom stereocenters. The summed E-state index contributed by atoms with van der Waals surface area (Å²) >= 11 is 0. The highest BCUT2D eigenvalue weighted by atomic mass is 19.1. The van der Waals surface area contributed by atoms with Gasteiger partial charge in [0.1, 0.15) is 35.6 Å². The van der Waals surface area contributed by atoms with Crippen molar-refractivity contribution >= 4 is 5.91 Å². The zero-order valence-electron chi connectivity index (χ0n) is 21.0. The van der Waals surface area contributed by atoms with Crippen molar-refractivity contribution in [1.82, 2.24) is 30.0 Å². The third-order valence-electron chi connectivity index (χ3n) is 6.54. The fourth-order valence-electron chi connectivity index (χ4n) is 4.57. The summed E-state index contributed by atoms with van der Waals surface area (Å²) < 4.78 is 35.3. The number of carbonyl (C=O) groups is 1. The highest BCUT2D eigenvalue weighted by Crippen LogP contribution is 2.28. The predicted molar refractivity (Wildman–Crippen MR) is 133 cm³/mol. The summed E-state index contributed by atoms with van der Waals surface area (Å²) in [5.41, 5.74) is 1.13. The number of aliphatic hydroxyl groups is 1. The molecule has 10 nitrogen and oxygen atoms in total. The SMILES string of the molecule is O=C(CCCOc1ccc(CN2CCN(CC(O)(Cn3cncn3)c3ccc(F)cc3F)CC2)cc1)NO. The van der Waals surface area contributed by atoms with E-state index < -0.39 is 23.1 Å². The monoisotopic (exact) mass is 530 g/mol. The van der Waals surface area contributed by atoms with Gasteiger partial charge in [-0.05, 0) is 30.2 Å². The molecule has 4 rings (SSSR count). The number of rotatable bonds is 12. The van der Waals surface area contributed by atoms with Crippen LogP contribution < -0.4 is 10.2 Å². The molecule has 0 saturated carbocycles. The summed E-state index contributed by atoms with van der Waals surface area (Å²) in [5.74, 6) is -1.22. The van der Waals surface area contributed by atoms with Crippen LogP contribution in [0, 0.1) is 11.6 Å². The van der Waals surface area contributed by atoms with Crippen molar-refractivity contribution in [3.63, 3.8) is 0 Å². The van der Waals surface area contributed by atoms with Gasteiger partial charge in [-0.1, -0.05) is 18.2 Å². The van der Waals surface area contributed by atoms with Crippen LogP contribution in [0.1, 0.15) is 24.0 Å². The Morgan fingerprint density at radius 1 is 1.05 bits per heavy atom. The molecule has 0 spiro atoms. The van der Waals surface area contributed by atoms with Gasteiger partial charge in [-0.25, -0.2) is 23.9 Å². The Morgan fingerprint density at radius 2 is 1.79 bits per heavy atom. The molecule has 0 radical (unpaired) electrons. The van der Waals surface area contributed by atoms with E-state index in [2.05, 4.69) is 19.9 Å². The van der Waals surface area contributed by atoms with Gasteiger partial charge in [0.15, 0.2) is 0 Å². The first-order valence-electron chi connectivity index (χ1n) is 12.4. The minimum Gasteiger partial charge on any atom is -0.494 e. The van der Waals surface area contributed by atoms with Gasteiger partial charge in [-0.3, -0.25) is 19.8 Å². The molecule has 1 unspecified atom stereocenters. The van der Waals surface area contributed by atoms with E-state index in [9.17, 15) is 18.7 Å². The highest BCUT2D eigenvalue weighted by molar-refractivity contribution is 5.74. The number of piperazine rings is 1. The van der Waals surface area contributed by atoms with Crippen LogP contribution in [0.15, 0.2) is 55.1 Å². The van der Waals surface area contributed by atoms with Crippen molar-refractivity contribution in [3.8, 4) is 5.75 Å². The van der Waals surface area contributed by atoms with Gasteiger partial charge < -0.3 is 9.84 Å². The third-order valence-corrected chi connectivity index (χ3v) is 6.54. The minimum atomic E-state index is -1.62. The zero-order valence-corrected chi connectivity index (χ0v) is 21.0. The number of halogens is 2. The molecular formula is C26H32F2N6O4. The van der Waals surface area contributed by atoms with Crippen LogP contribution in [0.4, 0.5) is 8.78 Å². The molecule has 1 saturated heterocycles. The van der Waals surface area contributed by atoms with Gasteiger partial charge in [-0.2, -0.15) is 5.10 Å². The van der Waals surface area contributed by atoms with Gasteiger partial charge in [-0.15, -0.1) is 0 Å². The number of nitrogens with zero attached hydrogens (tertiary/aromatic N) is 5. The smallest absolute Gasteiger partial charge is 0.243 e. The maximum absolute atomic E-state index is 14.7. The molecule has 3 aromatic rings. The maximum atomic E-state index is 14.7. The van der Waals surface area contributed by atoms with Crippen molar-refractivity contribution in [1.29, 1.82) is 0 Å². The largest absolute Gasteiger partial charge is 0.494 e. The van der Waals surface area contributed by atoms with Gasteiger partial charge in [0.2, 0.25) is 5.91 Å². The molecule has 12 heteroatoms. The first-order chi connectivity index (χ1) is 18.3. The molecular weight excluding hydrogens is 498 g/mol. The average Bonchev–Trinajstić information content (AvgIpc) is 3.41. The molecule has 1 fully saturated rings. The second-order valence-corrected chi connectivity index (χ2v) is 9.43. The summed E-state index contributed by atoms with van der Waals surface area (Å²) in [6.07, 6.45) is 3.49. The van der Waals surface area contributed by atoms with Crippen LogP contribution in [0.3, 0.4) is 0 Å². The molecule has 2 heterocycles. The van der Waals surface area contributed by atoms with Crippen molar-refractivity contribution in [2.24, 2.45) is 0 Å². The van der Waals surface area contributed by atoms with E-state index in [0.29, 0.717) is 31.9 Å². The molecule has 1 amide bonds. The van der Waals surface area contributed by atoms with Gasteiger partial charge in [0.25, 0.3) is 0 Å². The Kier molecular flexibility index (Phi) is 9.34. The van der Waals surface area contributed by atoms with Gasteiger partial charge >= 0.3 is 0 Å². The van der Waals surface area contributed by atoms with Crippen molar-refractivity contribution in [2.45, 2.75) is 31.5 Å². The Bertz CT molecular complexity index is 1170. The summed E-state index contributed by atoms with van der Waals surface area (Å²) in [5, 5.41) is 24.1. The van der Waals surface area contributed by atoms with E-state index in [4.69, 9.17) is 9.94 Å². The van der Waals surface area contributed by atoms with Crippen LogP contribution in [-0.2, 0) is 23.5 Å². The second kappa shape index (κ2) is 12.9. The van der Waals surface area contributed by atoms with E-state index in [-0.39, 0.29) is 25.1 Å². The number of carbonyl (C=O) groups excluding carboxylic acids is 1. The van der Waals surface area contributed by atoms with Crippen LogP contribution >= 0.6 is 0 Å². The molecule has 0 aliphatic carbocycles. The third kappa shape index (κ3) is 7.54. The Hall–Kier alpha value is -3.45. The lowest BCUT2D eigenvalue weighted by Gasteiger charge is -2.39. The fourth-order valence-corrected chi connectivity index (χ4v) is 4.57. The highest BCUT2D eigenvalue weighted by Gasteiger charge is 2.36.